The van der Waals surface area contributed by atoms with E-state index in [2.05, 4.69) is 10.3 Å². The average Bonchev–Trinajstić information content (AvgIpc) is 2.35. The fourth-order valence-corrected chi connectivity index (χ4v) is 1.56. The maximum atomic E-state index is 11.9. The number of carboxylic acids is 1. The van der Waals surface area contributed by atoms with Crippen molar-refractivity contribution in [3.05, 3.63) is 23.9 Å². The molecule has 1 aromatic rings. The molecule has 6 nitrogen and oxygen atoms in total. The van der Waals surface area contributed by atoms with Gasteiger partial charge in [-0.3, -0.25) is 4.79 Å². The van der Waals surface area contributed by atoms with Gasteiger partial charge in [0.1, 0.15) is 6.04 Å². The molecule has 0 fully saturated rings. The molecule has 0 saturated carbocycles. The molecular formula is C14H20N2O4. The molecule has 0 aliphatic rings. The molecule has 1 atom stereocenters. The van der Waals surface area contributed by atoms with Crippen molar-refractivity contribution >= 4 is 11.9 Å². The number of hydrogen-bond acceptors (Lipinski definition) is 4. The van der Waals surface area contributed by atoms with Crippen molar-refractivity contribution in [3.63, 3.8) is 0 Å². The Morgan fingerprint density at radius 2 is 1.90 bits per heavy atom. The number of nitrogens with one attached hydrogen (secondary N) is 1. The van der Waals surface area contributed by atoms with Gasteiger partial charge in [0.2, 0.25) is 5.88 Å². The third kappa shape index (κ3) is 4.53. The summed E-state index contributed by atoms with van der Waals surface area (Å²) < 4.78 is 5.37. The maximum absolute atomic E-state index is 11.9. The van der Waals surface area contributed by atoms with Crippen LogP contribution in [0.5, 0.6) is 5.88 Å². The molecule has 1 aromatic heterocycles. The van der Waals surface area contributed by atoms with Gasteiger partial charge in [-0.15, -0.1) is 0 Å². The number of aliphatic carboxylic acids is 1. The summed E-state index contributed by atoms with van der Waals surface area (Å²) in [5, 5.41) is 11.5. The normalized spacial score (nSPS) is 12.3. The van der Waals surface area contributed by atoms with Crippen LogP contribution >= 0.6 is 0 Å². The second kappa shape index (κ2) is 6.88. The lowest BCUT2D eigenvalue weighted by atomic mass is 10.0. The van der Waals surface area contributed by atoms with Gasteiger partial charge in [-0.25, -0.2) is 9.78 Å². The Morgan fingerprint density at radius 3 is 2.30 bits per heavy atom. The van der Waals surface area contributed by atoms with E-state index in [9.17, 15) is 9.59 Å². The minimum Gasteiger partial charge on any atom is -0.480 e. The van der Waals surface area contributed by atoms with Gasteiger partial charge in [0.25, 0.3) is 5.91 Å². The molecule has 110 valence electrons. The first-order valence-electron chi connectivity index (χ1n) is 6.47. The lowest BCUT2D eigenvalue weighted by molar-refractivity contribution is -0.140. The number of hydrogen-bond donors (Lipinski definition) is 2. The Balaban J connectivity index is 2.74. The number of pyridine rings is 1. The van der Waals surface area contributed by atoms with E-state index in [0.717, 1.165) is 0 Å². The Labute approximate surface area is 118 Å². The minimum atomic E-state index is -1.05. The van der Waals surface area contributed by atoms with Crippen LogP contribution in [0.1, 0.15) is 38.1 Å². The third-order valence-electron chi connectivity index (χ3n) is 2.57. The molecule has 0 aliphatic heterocycles. The molecule has 0 aromatic carbocycles. The maximum Gasteiger partial charge on any atom is 0.326 e. The zero-order chi connectivity index (χ0) is 15.3. The number of nitrogens with zero attached hydrogens (tertiary/aromatic N) is 1. The number of aromatic nitrogens is 1. The first kappa shape index (κ1) is 15.9. The molecule has 6 heteroatoms. The summed E-state index contributed by atoms with van der Waals surface area (Å²) in [5.74, 6) is -1.29. The molecule has 0 saturated heterocycles. The van der Waals surface area contributed by atoms with Crippen molar-refractivity contribution in [2.45, 2.75) is 39.8 Å². The van der Waals surface area contributed by atoms with Crippen LogP contribution in [0.25, 0.3) is 0 Å². The Hall–Kier alpha value is -2.11. The van der Waals surface area contributed by atoms with E-state index in [-0.39, 0.29) is 12.0 Å². The zero-order valence-electron chi connectivity index (χ0n) is 12.1. The fraction of sp³-hybridized carbons (Fsp3) is 0.500. The molecule has 0 radical (unpaired) electrons. The van der Waals surface area contributed by atoms with Crippen LogP contribution in [0, 0.1) is 5.92 Å². The summed E-state index contributed by atoms with van der Waals surface area (Å²) >= 11 is 0. The molecule has 20 heavy (non-hydrogen) atoms. The summed E-state index contributed by atoms with van der Waals surface area (Å²) in [6.45, 7) is 7.22. The highest BCUT2D eigenvalue weighted by Gasteiger charge is 2.24. The molecule has 1 heterocycles. The molecule has 2 N–H and O–H groups in total. The van der Waals surface area contributed by atoms with Gasteiger partial charge < -0.3 is 15.2 Å². The summed E-state index contributed by atoms with van der Waals surface area (Å²) in [7, 11) is 0. The molecule has 0 bridgehead atoms. The third-order valence-corrected chi connectivity index (χ3v) is 2.57. The zero-order valence-corrected chi connectivity index (χ0v) is 12.1. The van der Waals surface area contributed by atoms with Crippen LogP contribution in [0.2, 0.25) is 0 Å². The quantitative estimate of drug-likeness (QED) is 0.828. The average molecular weight is 280 g/mol. The lowest BCUT2D eigenvalue weighted by Gasteiger charge is -2.17. The van der Waals surface area contributed by atoms with Crippen LogP contribution in [0.3, 0.4) is 0 Å². The fourth-order valence-electron chi connectivity index (χ4n) is 1.56. The highest BCUT2D eigenvalue weighted by Crippen LogP contribution is 2.10. The van der Waals surface area contributed by atoms with E-state index in [1.807, 2.05) is 13.8 Å². The van der Waals surface area contributed by atoms with Crippen LogP contribution in [0.15, 0.2) is 18.3 Å². The van der Waals surface area contributed by atoms with E-state index in [1.165, 1.54) is 6.20 Å². The second-order valence-corrected chi connectivity index (χ2v) is 5.09. The number of carboxylic acid groups (broad SMARTS) is 1. The van der Waals surface area contributed by atoms with E-state index in [4.69, 9.17) is 9.84 Å². The number of carbonyl (C=O) groups excluding carboxylic acids is 1. The highest BCUT2D eigenvalue weighted by atomic mass is 16.5. The first-order valence-corrected chi connectivity index (χ1v) is 6.47. The van der Waals surface area contributed by atoms with Crippen molar-refractivity contribution in [2.75, 3.05) is 0 Å². The molecule has 0 spiro atoms. The Bertz CT molecular complexity index is 469. The second-order valence-electron chi connectivity index (χ2n) is 5.09. The van der Waals surface area contributed by atoms with E-state index >= 15 is 0 Å². The summed E-state index contributed by atoms with van der Waals surface area (Å²) in [6.07, 6.45) is 1.37. The van der Waals surface area contributed by atoms with Gasteiger partial charge >= 0.3 is 5.97 Å². The van der Waals surface area contributed by atoms with Crippen molar-refractivity contribution in [1.82, 2.24) is 10.3 Å². The van der Waals surface area contributed by atoms with Crippen molar-refractivity contribution in [1.29, 1.82) is 0 Å². The predicted octanol–water partition coefficient (Wildman–Crippen LogP) is 1.71. The summed E-state index contributed by atoms with van der Waals surface area (Å²) in [6, 6.07) is 2.22. The van der Waals surface area contributed by atoms with Crippen LogP contribution in [-0.2, 0) is 4.79 Å². The molecule has 0 aliphatic carbocycles. The van der Waals surface area contributed by atoms with E-state index in [1.54, 1.807) is 26.0 Å². The highest BCUT2D eigenvalue weighted by molar-refractivity contribution is 5.96. The summed E-state index contributed by atoms with van der Waals surface area (Å²) in [4.78, 5) is 27.0. The number of rotatable bonds is 6. The predicted molar refractivity (Wildman–Crippen MR) is 73.7 cm³/mol. The Morgan fingerprint density at radius 1 is 1.25 bits per heavy atom. The largest absolute Gasteiger partial charge is 0.480 e. The van der Waals surface area contributed by atoms with Crippen molar-refractivity contribution in [3.8, 4) is 5.88 Å². The van der Waals surface area contributed by atoms with Gasteiger partial charge in [-0.1, -0.05) is 13.8 Å². The SMILES string of the molecule is CC(C)Oc1ccc(C(=O)N[C@@H](C(=O)O)C(C)C)cn1. The van der Waals surface area contributed by atoms with Crippen molar-refractivity contribution in [2.24, 2.45) is 5.92 Å². The standard InChI is InChI=1S/C14H20N2O4/c1-8(2)12(14(18)19)16-13(17)10-5-6-11(15-7-10)20-9(3)4/h5-9,12H,1-4H3,(H,16,17)(H,18,19)/t12-/m1/s1. The molecular weight excluding hydrogens is 260 g/mol. The monoisotopic (exact) mass is 280 g/mol. The molecule has 1 amide bonds. The van der Waals surface area contributed by atoms with Crippen LogP contribution in [-0.4, -0.2) is 34.1 Å². The van der Waals surface area contributed by atoms with Crippen LogP contribution < -0.4 is 10.1 Å². The number of carbonyl (C=O) groups is 2. The lowest BCUT2D eigenvalue weighted by Crippen LogP contribution is -2.44. The van der Waals surface area contributed by atoms with E-state index < -0.39 is 17.9 Å². The smallest absolute Gasteiger partial charge is 0.326 e. The van der Waals surface area contributed by atoms with Crippen LogP contribution in [0.4, 0.5) is 0 Å². The van der Waals surface area contributed by atoms with Gasteiger partial charge in [0.05, 0.1) is 11.7 Å². The van der Waals surface area contributed by atoms with Crippen molar-refractivity contribution < 1.29 is 19.4 Å². The van der Waals surface area contributed by atoms with Gasteiger partial charge in [-0.2, -0.15) is 0 Å². The number of amides is 1. The Kier molecular flexibility index (Phi) is 5.49. The minimum absolute atomic E-state index is 0.000455. The first-order chi connectivity index (χ1) is 9.31. The molecule has 0 unspecified atom stereocenters. The van der Waals surface area contributed by atoms with E-state index in [0.29, 0.717) is 11.4 Å². The number of ether oxygens (including phenoxy) is 1. The van der Waals surface area contributed by atoms with Gasteiger partial charge in [0.15, 0.2) is 0 Å². The van der Waals surface area contributed by atoms with Gasteiger partial charge in [-0.05, 0) is 25.8 Å². The summed E-state index contributed by atoms with van der Waals surface area (Å²) in [5.41, 5.74) is 0.299. The molecule has 1 rings (SSSR count). The van der Waals surface area contributed by atoms with Gasteiger partial charge in [0, 0.05) is 12.3 Å². The topological polar surface area (TPSA) is 88.5 Å².